The maximum atomic E-state index is 11.5. The van der Waals surface area contributed by atoms with Crippen molar-refractivity contribution < 1.29 is 23.9 Å². The summed E-state index contributed by atoms with van der Waals surface area (Å²) in [5.41, 5.74) is 0. The number of nitrogens with zero attached hydrogens (tertiary/aromatic N) is 2. The molecule has 1 fully saturated rings. The number of carbonyl (C=O) groups excluding carboxylic acids is 3. The van der Waals surface area contributed by atoms with Crippen molar-refractivity contribution in [2.45, 2.75) is 6.92 Å². The van der Waals surface area contributed by atoms with Gasteiger partial charge in [-0.3, -0.25) is 19.3 Å². The molecule has 7 heteroatoms. The highest BCUT2D eigenvalue weighted by atomic mass is 16.5. The number of amides is 1. The number of rotatable bonds is 5. The molecule has 0 aromatic heterocycles. The van der Waals surface area contributed by atoms with Gasteiger partial charge in [0.15, 0.2) is 0 Å². The molecule has 1 aliphatic heterocycles. The van der Waals surface area contributed by atoms with Crippen LogP contribution < -0.4 is 0 Å². The molecule has 0 aromatic rings. The number of hydrogen-bond acceptors (Lipinski definition) is 6. The smallest absolute Gasteiger partial charge is 0.325 e. The van der Waals surface area contributed by atoms with E-state index in [2.05, 4.69) is 4.74 Å². The molecule has 1 amide bonds. The van der Waals surface area contributed by atoms with Crippen molar-refractivity contribution in [3.8, 4) is 0 Å². The summed E-state index contributed by atoms with van der Waals surface area (Å²) in [5.74, 6) is -1.04. The van der Waals surface area contributed by atoms with E-state index in [1.54, 1.807) is 11.8 Å². The van der Waals surface area contributed by atoms with Crippen molar-refractivity contribution in [2.24, 2.45) is 0 Å². The highest BCUT2D eigenvalue weighted by molar-refractivity contribution is 5.85. The Morgan fingerprint density at radius 1 is 1.29 bits per heavy atom. The zero-order valence-electron chi connectivity index (χ0n) is 9.97. The second-order valence-corrected chi connectivity index (χ2v) is 3.60. The lowest BCUT2D eigenvalue weighted by molar-refractivity contribution is -0.147. The Balaban J connectivity index is 2.41. The quantitative estimate of drug-likeness (QED) is 0.567. The van der Waals surface area contributed by atoms with Crippen LogP contribution in [-0.4, -0.2) is 67.7 Å². The minimum absolute atomic E-state index is 0.0432. The van der Waals surface area contributed by atoms with Gasteiger partial charge in [-0.25, -0.2) is 0 Å². The monoisotopic (exact) mass is 244 g/mol. The molecule has 0 aliphatic carbocycles. The Labute approximate surface area is 99.2 Å². The molecule has 1 heterocycles. The van der Waals surface area contributed by atoms with E-state index in [1.165, 1.54) is 12.0 Å². The lowest BCUT2D eigenvalue weighted by atomic mass is 10.5. The summed E-state index contributed by atoms with van der Waals surface area (Å²) in [5, 5.41) is 0. The molecule has 0 spiro atoms. The fourth-order valence-electron chi connectivity index (χ4n) is 1.52. The van der Waals surface area contributed by atoms with Gasteiger partial charge in [-0.2, -0.15) is 0 Å². The van der Waals surface area contributed by atoms with Crippen molar-refractivity contribution in [3.05, 3.63) is 0 Å². The zero-order valence-corrected chi connectivity index (χ0v) is 9.97. The van der Waals surface area contributed by atoms with Crippen LogP contribution in [0.3, 0.4) is 0 Å². The van der Waals surface area contributed by atoms with Gasteiger partial charge in [0.1, 0.15) is 6.54 Å². The minimum Gasteiger partial charge on any atom is -0.468 e. The van der Waals surface area contributed by atoms with Crippen LogP contribution in [0.4, 0.5) is 0 Å². The number of esters is 2. The van der Waals surface area contributed by atoms with E-state index in [0.29, 0.717) is 0 Å². The average molecular weight is 244 g/mol. The van der Waals surface area contributed by atoms with Crippen LogP contribution in [0.25, 0.3) is 0 Å². The Morgan fingerprint density at radius 2 is 2.00 bits per heavy atom. The number of carbonyl (C=O) groups is 3. The fraction of sp³-hybridized carbons (Fsp3) is 0.700. The summed E-state index contributed by atoms with van der Waals surface area (Å²) in [6, 6.07) is 0. The average Bonchev–Trinajstić information content (AvgIpc) is 2.59. The van der Waals surface area contributed by atoms with Crippen LogP contribution in [0.2, 0.25) is 0 Å². The fourth-order valence-corrected chi connectivity index (χ4v) is 1.52. The summed E-state index contributed by atoms with van der Waals surface area (Å²) in [6.07, 6.45) is 0. The Hall–Kier alpha value is -1.63. The SMILES string of the molecule is CCOC(=O)CN1CN(CC(=O)OC)CC1=O. The first-order valence-electron chi connectivity index (χ1n) is 5.29. The van der Waals surface area contributed by atoms with E-state index in [9.17, 15) is 14.4 Å². The predicted octanol–water partition coefficient (Wildman–Crippen LogP) is -1.18. The normalized spacial score (nSPS) is 16.1. The summed E-state index contributed by atoms with van der Waals surface area (Å²) in [4.78, 5) is 36.7. The Kier molecular flexibility index (Phi) is 4.89. The maximum Gasteiger partial charge on any atom is 0.325 e. The van der Waals surface area contributed by atoms with E-state index in [4.69, 9.17) is 4.74 Å². The van der Waals surface area contributed by atoms with Crippen LogP contribution in [0.15, 0.2) is 0 Å². The van der Waals surface area contributed by atoms with Gasteiger partial charge in [0.25, 0.3) is 0 Å². The topological polar surface area (TPSA) is 76.2 Å². The van der Waals surface area contributed by atoms with Gasteiger partial charge in [0, 0.05) is 0 Å². The van der Waals surface area contributed by atoms with Crippen molar-refractivity contribution >= 4 is 17.8 Å². The Bertz CT molecular complexity index is 318. The summed E-state index contributed by atoms with van der Waals surface area (Å²) >= 11 is 0. The van der Waals surface area contributed by atoms with Gasteiger partial charge in [-0.1, -0.05) is 0 Å². The summed E-state index contributed by atoms with van der Waals surface area (Å²) in [6.45, 7) is 2.31. The highest BCUT2D eigenvalue weighted by Gasteiger charge is 2.30. The number of ether oxygens (including phenoxy) is 2. The van der Waals surface area contributed by atoms with Crippen molar-refractivity contribution in [1.29, 1.82) is 0 Å². The Morgan fingerprint density at radius 3 is 2.59 bits per heavy atom. The summed E-state index contributed by atoms with van der Waals surface area (Å²) in [7, 11) is 1.29. The molecule has 7 nitrogen and oxygen atoms in total. The van der Waals surface area contributed by atoms with Crippen molar-refractivity contribution in [1.82, 2.24) is 9.80 Å². The maximum absolute atomic E-state index is 11.5. The van der Waals surface area contributed by atoms with Gasteiger partial charge in [0.05, 0.1) is 33.5 Å². The van der Waals surface area contributed by atoms with E-state index in [-0.39, 0.29) is 38.8 Å². The number of hydrogen-bond donors (Lipinski definition) is 0. The van der Waals surface area contributed by atoms with Gasteiger partial charge in [-0.05, 0) is 6.92 Å². The lowest BCUT2D eigenvalue weighted by Crippen LogP contribution is -2.34. The summed E-state index contributed by atoms with van der Waals surface area (Å²) < 4.78 is 9.25. The molecular weight excluding hydrogens is 228 g/mol. The van der Waals surface area contributed by atoms with Crippen molar-refractivity contribution in [2.75, 3.05) is 40.0 Å². The molecule has 1 aliphatic rings. The van der Waals surface area contributed by atoms with Crippen LogP contribution in [-0.2, 0) is 23.9 Å². The largest absolute Gasteiger partial charge is 0.468 e. The van der Waals surface area contributed by atoms with Gasteiger partial charge >= 0.3 is 11.9 Å². The third-order valence-corrected chi connectivity index (χ3v) is 2.29. The predicted molar refractivity (Wildman–Crippen MR) is 56.8 cm³/mol. The molecule has 96 valence electrons. The van der Waals surface area contributed by atoms with E-state index in [1.807, 2.05) is 0 Å². The zero-order chi connectivity index (χ0) is 12.8. The molecule has 0 unspecified atom stereocenters. The van der Waals surface area contributed by atoms with Crippen LogP contribution in [0.1, 0.15) is 6.92 Å². The first-order chi connectivity index (χ1) is 8.06. The lowest BCUT2D eigenvalue weighted by Gasteiger charge is -2.16. The second-order valence-electron chi connectivity index (χ2n) is 3.60. The highest BCUT2D eigenvalue weighted by Crippen LogP contribution is 2.06. The molecule has 17 heavy (non-hydrogen) atoms. The van der Waals surface area contributed by atoms with E-state index < -0.39 is 11.9 Å². The molecule has 0 aromatic carbocycles. The molecule has 0 N–H and O–H groups in total. The first-order valence-corrected chi connectivity index (χ1v) is 5.29. The third kappa shape index (κ3) is 4.03. The molecule has 0 atom stereocenters. The molecular formula is C10H16N2O5. The minimum atomic E-state index is -0.444. The molecule has 1 rings (SSSR count). The third-order valence-electron chi connectivity index (χ3n) is 2.29. The molecule has 0 saturated carbocycles. The van der Waals surface area contributed by atoms with Crippen LogP contribution in [0.5, 0.6) is 0 Å². The second kappa shape index (κ2) is 6.19. The van der Waals surface area contributed by atoms with Crippen molar-refractivity contribution in [3.63, 3.8) is 0 Å². The van der Waals surface area contributed by atoms with Gasteiger partial charge in [0.2, 0.25) is 5.91 Å². The van der Waals surface area contributed by atoms with Gasteiger partial charge in [-0.15, -0.1) is 0 Å². The first kappa shape index (κ1) is 13.4. The van der Waals surface area contributed by atoms with Crippen LogP contribution >= 0.6 is 0 Å². The van der Waals surface area contributed by atoms with Crippen LogP contribution in [0, 0.1) is 0 Å². The number of methoxy groups -OCH3 is 1. The molecule has 1 saturated heterocycles. The van der Waals surface area contributed by atoms with E-state index in [0.717, 1.165) is 0 Å². The molecule has 0 radical (unpaired) electrons. The standard InChI is InChI=1S/C10H16N2O5/c1-3-17-10(15)6-12-7-11(4-8(12)13)5-9(14)16-2/h3-7H2,1-2H3. The molecule has 0 bridgehead atoms. The van der Waals surface area contributed by atoms with E-state index >= 15 is 0 Å². The van der Waals surface area contributed by atoms with Gasteiger partial charge < -0.3 is 14.4 Å².